The molecule has 0 bridgehead atoms. The summed E-state index contributed by atoms with van der Waals surface area (Å²) in [5.74, 6) is 0.438. The van der Waals surface area contributed by atoms with E-state index in [1.807, 2.05) is 43.3 Å². The minimum Gasteiger partial charge on any atom is -0.497 e. The number of carbonyl (C=O) groups excluding carboxylic acids is 1. The Bertz CT molecular complexity index is 1120. The summed E-state index contributed by atoms with van der Waals surface area (Å²) in [6.07, 6.45) is 0.645. The van der Waals surface area contributed by atoms with Crippen LogP contribution in [0.5, 0.6) is 5.75 Å². The standard InChI is InChI=1S/C21H24N4O4S2/c1-25(2)17-7-4-15(5-8-17)22-20(26)13-6-16-14-30-21(23-16)24-31(27,28)19-11-9-18(29-3)10-12-19/h4-5,7-12,14H,6,13H2,1-3H3,(H,22,26)(H,23,24). The number of hydrogen-bond donors (Lipinski definition) is 2. The molecule has 2 aromatic carbocycles. The van der Waals surface area contributed by atoms with E-state index >= 15 is 0 Å². The number of nitrogens with zero attached hydrogens (tertiary/aromatic N) is 2. The molecular weight excluding hydrogens is 436 g/mol. The van der Waals surface area contributed by atoms with Gasteiger partial charge in [-0.25, -0.2) is 13.4 Å². The van der Waals surface area contributed by atoms with Crippen molar-refractivity contribution in [3.8, 4) is 5.75 Å². The highest BCUT2D eigenvalue weighted by Gasteiger charge is 2.16. The van der Waals surface area contributed by atoms with Gasteiger partial charge >= 0.3 is 0 Å². The molecule has 10 heteroatoms. The molecule has 0 atom stereocenters. The number of amides is 1. The highest BCUT2D eigenvalue weighted by atomic mass is 32.2. The Labute approximate surface area is 185 Å². The van der Waals surface area contributed by atoms with Gasteiger partial charge in [-0.2, -0.15) is 0 Å². The fourth-order valence-electron chi connectivity index (χ4n) is 2.71. The lowest BCUT2D eigenvalue weighted by Gasteiger charge is -2.13. The van der Waals surface area contributed by atoms with E-state index in [0.29, 0.717) is 17.9 Å². The maximum Gasteiger partial charge on any atom is 0.263 e. The number of rotatable bonds is 9. The van der Waals surface area contributed by atoms with Gasteiger partial charge < -0.3 is 15.0 Å². The highest BCUT2D eigenvalue weighted by molar-refractivity contribution is 7.93. The molecule has 0 aliphatic carbocycles. The Balaban J connectivity index is 1.53. The lowest BCUT2D eigenvalue weighted by Crippen LogP contribution is -2.14. The first kappa shape index (κ1) is 22.6. The number of aryl methyl sites for hydroxylation is 1. The molecule has 0 saturated carbocycles. The van der Waals surface area contributed by atoms with Gasteiger partial charge in [0.2, 0.25) is 5.91 Å². The predicted molar refractivity (Wildman–Crippen MR) is 124 cm³/mol. The molecule has 1 amide bonds. The molecule has 164 valence electrons. The number of carbonyl (C=O) groups is 1. The molecule has 31 heavy (non-hydrogen) atoms. The van der Waals surface area contributed by atoms with Crippen molar-refractivity contribution in [3.63, 3.8) is 0 Å². The molecule has 0 aliphatic heterocycles. The number of nitrogens with one attached hydrogen (secondary N) is 2. The second kappa shape index (κ2) is 9.80. The zero-order valence-corrected chi connectivity index (χ0v) is 19.1. The second-order valence-corrected chi connectivity index (χ2v) is 9.46. The van der Waals surface area contributed by atoms with Crippen LogP contribution in [0, 0.1) is 0 Å². The number of benzene rings is 2. The molecule has 3 rings (SSSR count). The van der Waals surface area contributed by atoms with E-state index < -0.39 is 10.0 Å². The van der Waals surface area contributed by atoms with Crippen molar-refractivity contribution in [2.75, 3.05) is 36.1 Å². The molecule has 0 unspecified atom stereocenters. The van der Waals surface area contributed by atoms with Gasteiger partial charge in [-0.3, -0.25) is 9.52 Å². The first-order chi connectivity index (χ1) is 14.8. The van der Waals surface area contributed by atoms with E-state index in [2.05, 4.69) is 15.0 Å². The number of thiazole rings is 1. The van der Waals surface area contributed by atoms with Gasteiger partial charge in [0.1, 0.15) is 5.75 Å². The summed E-state index contributed by atoms with van der Waals surface area (Å²) in [5.41, 5.74) is 2.42. The fraction of sp³-hybridized carbons (Fsp3) is 0.238. The molecule has 0 radical (unpaired) electrons. The molecule has 0 saturated heterocycles. The first-order valence-electron chi connectivity index (χ1n) is 9.45. The third-order valence-corrected chi connectivity index (χ3v) is 6.71. The van der Waals surface area contributed by atoms with Crippen LogP contribution in [0.3, 0.4) is 0 Å². The van der Waals surface area contributed by atoms with Crippen LogP contribution in [-0.2, 0) is 21.2 Å². The van der Waals surface area contributed by atoms with E-state index in [1.165, 1.54) is 30.6 Å². The molecule has 8 nitrogen and oxygen atoms in total. The Morgan fingerprint density at radius 3 is 2.39 bits per heavy atom. The maximum atomic E-state index is 12.5. The normalized spacial score (nSPS) is 11.1. The van der Waals surface area contributed by atoms with E-state index in [-0.39, 0.29) is 22.4 Å². The summed E-state index contributed by atoms with van der Waals surface area (Å²) in [7, 11) is 1.67. The summed E-state index contributed by atoms with van der Waals surface area (Å²) in [6, 6.07) is 13.6. The molecule has 0 spiro atoms. The van der Waals surface area contributed by atoms with Gasteiger partial charge in [0.15, 0.2) is 5.13 Å². The summed E-state index contributed by atoms with van der Waals surface area (Å²) in [6.45, 7) is 0. The monoisotopic (exact) mass is 460 g/mol. The van der Waals surface area contributed by atoms with Gasteiger partial charge in [0.25, 0.3) is 10.0 Å². The molecule has 3 aromatic rings. The van der Waals surface area contributed by atoms with Crippen molar-refractivity contribution in [2.24, 2.45) is 0 Å². The minimum atomic E-state index is -3.75. The third kappa shape index (κ3) is 6.19. The number of aromatic nitrogens is 1. The molecule has 0 aliphatic rings. The topological polar surface area (TPSA) is 101 Å². The number of methoxy groups -OCH3 is 1. The molecule has 1 aromatic heterocycles. The number of anilines is 3. The Kier molecular flexibility index (Phi) is 7.13. The van der Waals surface area contributed by atoms with Crippen molar-refractivity contribution in [1.82, 2.24) is 4.98 Å². The van der Waals surface area contributed by atoms with E-state index in [1.54, 1.807) is 17.5 Å². The number of sulfonamides is 1. The maximum absolute atomic E-state index is 12.5. The lowest BCUT2D eigenvalue weighted by molar-refractivity contribution is -0.116. The average Bonchev–Trinajstić information content (AvgIpc) is 3.19. The smallest absolute Gasteiger partial charge is 0.263 e. The van der Waals surface area contributed by atoms with Crippen LogP contribution < -0.4 is 19.7 Å². The zero-order valence-electron chi connectivity index (χ0n) is 17.5. The Morgan fingerprint density at radius 1 is 1.10 bits per heavy atom. The second-order valence-electron chi connectivity index (χ2n) is 6.91. The zero-order chi connectivity index (χ0) is 22.4. The predicted octanol–water partition coefficient (Wildman–Crippen LogP) is 3.59. The van der Waals surface area contributed by atoms with Gasteiger partial charge in [0.05, 0.1) is 17.7 Å². The van der Waals surface area contributed by atoms with Crippen LogP contribution in [0.4, 0.5) is 16.5 Å². The molecule has 0 fully saturated rings. The summed E-state index contributed by atoms with van der Waals surface area (Å²) >= 11 is 1.18. The molecular formula is C21H24N4O4S2. The van der Waals surface area contributed by atoms with E-state index in [4.69, 9.17) is 4.74 Å². The van der Waals surface area contributed by atoms with Crippen LogP contribution in [0.25, 0.3) is 0 Å². The first-order valence-corrected chi connectivity index (χ1v) is 11.8. The molecule has 2 N–H and O–H groups in total. The van der Waals surface area contributed by atoms with E-state index in [9.17, 15) is 13.2 Å². The Hall–Kier alpha value is -3.11. The highest BCUT2D eigenvalue weighted by Crippen LogP contribution is 2.22. The van der Waals surface area contributed by atoms with Crippen molar-refractivity contribution in [2.45, 2.75) is 17.7 Å². The third-order valence-electron chi connectivity index (χ3n) is 4.42. The van der Waals surface area contributed by atoms with Crippen LogP contribution in [0.15, 0.2) is 58.8 Å². The van der Waals surface area contributed by atoms with Crippen LogP contribution in [0.1, 0.15) is 12.1 Å². The van der Waals surface area contributed by atoms with Crippen LogP contribution in [0.2, 0.25) is 0 Å². The minimum absolute atomic E-state index is 0.115. The summed E-state index contributed by atoms with van der Waals surface area (Å²) < 4.78 is 32.5. The molecule has 1 heterocycles. The van der Waals surface area contributed by atoms with Crippen molar-refractivity contribution >= 4 is 43.8 Å². The van der Waals surface area contributed by atoms with Crippen molar-refractivity contribution in [1.29, 1.82) is 0 Å². The van der Waals surface area contributed by atoms with Gasteiger partial charge in [-0.05, 0) is 55.0 Å². The van der Waals surface area contributed by atoms with Crippen molar-refractivity contribution in [3.05, 3.63) is 59.6 Å². The largest absolute Gasteiger partial charge is 0.497 e. The van der Waals surface area contributed by atoms with E-state index in [0.717, 1.165) is 11.4 Å². The Morgan fingerprint density at radius 2 is 1.77 bits per heavy atom. The SMILES string of the molecule is COc1ccc(S(=O)(=O)Nc2nc(CCC(=O)Nc3ccc(N(C)C)cc3)cs2)cc1. The van der Waals surface area contributed by atoms with Crippen molar-refractivity contribution < 1.29 is 17.9 Å². The summed E-state index contributed by atoms with van der Waals surface area (Å²) in [4.78, 5) is 18.6. The lowest BCUT2D eigenvalue weighted by atomic mass is 10.2. The van der Waals surface area contributed by atoms with Gasteiger partial charge in [-0.15, -0.1) is 11.3 Å². The summed E-state index contributed by atoms with van der Waals surface area (Å²) in [5, 5.41) is 4.85. The van der Waals surface area contributed by atoms with Gasteiger partial charge in [0, 0.05) is 37.3 Å². The quantitative estimate of drug-likeness (QED) is 0.506. The number of ether oxygens (including phenoxy) is 1. The fourth-order valence-corrected chi connectivity index (χ4v) is 4.70. The average molecular weight is 461 g/mol. The van der Waals surface area contributed by atoms with Crippen LogP contribution in [-0.4, -0.2) is 40.5 Å². The van der Waals surface area contributed by atoms with Gasteiger partial charge in [-0.1, -0.05) is 0 Å². The van der Waals surface area contributed by atoms with Crippen LogP contribution >= 0.6 is 11.3 Å². The number of hydrogen-bond acceptors (Lipinski definition) is 7.